The molecule has 2 aliphatic rings. The van der Waals surface area contributed by atoms with Crippen LogP contribution in [-0.4, -0.2) is 105 Å². The second-order valence-electron chi connectivity index (χ2n) is 18.4. The first kappa shape index (κ1) is 69.5. The molecule has 88 heavy (non-hydrogen) atoms. The summed E-state index contributed by atoms with van der Waals surface area (Å²) < 4.78 is 183. The number of pyridine rings is 4. The van der Waals surface area contributed by atoms with Crippen molar-refractivity contribution >= 4 is 75.5 Å². The predicted molar refractivity (Wildman–Crippen MR) is 320 cm³/mol. The van der Waals surface area contributed by atoms with Gasteiger partial charge >= 0.3 is 40.5 Å². The Labute approximate surface area is 512 Å². The molecule has 0 saturated carbocycles. The summed E-state index contributed by atoms with van der Waals surface area (Å²) in [4.78, 5) is 33.0. The van der Waals surface area contributed by atoms with Crippen molar-refractivity contribution in [2.75, 3.05) is 36.8 Å². The van der Waals surface area contributed by atoms with Crippen molar-refractivity contribution < 1.29 is 71.1 Å². The van der Waals surface area contributed by atoms with Crippen LogP contribution in [0.15, 0.2) is 124 Å². The summed E-state index contributed by atoms with van der Waals surface area (Å²) in [6.07, 6.45) is -4.59. The van der Waals surface area contributed by atoms with Crippen LogP contribution in [0, 0.1) is 25.5 Å². The van der Waals surface area contributed by atoms with Crippen LogP contribution in [0.2, 0.25) is 0 Å². The maximum atomic E-state index is 15.5. The molecule has 10 rings (SSSR count). The number of ether oxygens (including phenoxy) is 2. The lowest BCUT2D eigenvalue weighted by Gasteiger charge is -2.30. The highest BCUT2D eigenvalue weighted by Crippen LogP contribution is 2.39. The second kappa shape index (κ2) is 28.7. The number of anilines is 2. The zero-order valence-corrected chi connectivity index (χ0v) is 52.5. The van der Waals surface area contributed by atoms with Gasteiger partial charge in [0, 0.05) is 116 Å². The summed E-state index contributed by atoms with van der Waals surface area (Å²) in [6, 6.07) is 18.1. The summed E-state index contributed by atoms with van der Waals surface area (Å²) in [5.41, 5.74) is -0.278. The summed E-state index contributed by atoms with van der Waals surface area (Å²) in [5, 5.41) is 23.0. The molecule has 36 heteroatoms. The lowest BCUT2D eigenvalue weighted by Crippen LogP contribution is -2.41. The summed E-state index contributed by atoms with van der Waals surface area (Å²) >= 11 is 3.11. The van der Waals surface area contributed by atoms with Crippen LogP contribution in [0.25, 0.3) is 22.5 Å². The monoisotopic (exact) mass is 1370 g/mol. The van der Waals surface area contributed by atoms with E-state index in [4.69, 9.17) is 14.5 Å². The maximum absolute atomic E-state index is 15.5. The van der Waals surface area contributed by atoms with Gasteiger partial charge in [0.1, 0.15) is 28.9 Å². The van der Waals surface area contributed by atoms with E-state index in [-0.39, 0.29) is 126 Å². The van der Waals surface area contributed by atoms with Crippen molar-refractivity contribution in [1.82, 2.24) is 48.1 Å². The first-order chi connectivity index (χ1) is 40.6. The first-order valence-corrected chi connectivity index (χ1v) is 28.5. The summed E-state index contributed by atoms with van der Waals surface area (Å²) in [6.45, 7) is 2.97. The third-order valence-electron chi connectivity index (χ3n) is 13.0. The molecule has 8 aromatic rings. The molecule has 2 aromatic carbocycles. The number of methoxy groups -OCH3 is 2. The largest absolute Gasteiger partial charge is 0.569 e. The Balaban J connectivity index is 0.000000232. The molecule has 8 heterocycles. The first-order valence-electron chi connectivity index (χ1n) is 24.8. The fourth-order valence-corrected chi connectivity index (χ4v) is 11.5. The number of benzene rings is 2. The molecule has 0 aliphatic carbocycles. The molecule has 0 bridgehead atoms. The minimum atomic E-state index is -4.68. The van der Waals surface area contributed by atoms with Gasteiger partial charge in [0.25, 0.3) is 11.1 Å². The molecule has 0 amide bonds. The molecule has 6 aromatic heterocycles. The van der Waals surface area contributed by atoms with Crippen LogP contribution in [0.1, 0.15) is 45.0 Å². The Morgan fingerprint density at radius 3 is 1.51 bits per heavy atom. The number of hydrogen-bond donors (Lipinski definition) is 3. The smallest absolute Gasteiger partial charge is 0.536 e. The average molecular weight is 1370 g/mol. The lowest BCUT2D eigenvalue weighted by atomic mass is 10.00. The zero-order valence-electron chi connectivity index (χ0n) is 46.4. The standard InChI is InChI=1S/C26H22F4N6O4S.C19H17BrFN5O4S.C7H6BF3NO2.2H3P/c1-15-18(10-17(13-31-15)26(28,29)30)19-11-23(40-2)22(12-20(19)27)36-21-7-9-35(14-16(21)5-6-25(36)37)41(38,39)34-24-4-3-8-32-33-24;1-30-17-9-13(20)14(21)10-16(17)26-15-6-8-25(11-12(15)4-5-19(26)27)31(28,29)24-18-3-2-7-22-23-18;1-4-6(14-8-13)2-5(3-12-4)7(9,10)11;;/h3-6,8,10-13H,7,9,14H2,1-2H3,(H,33,34);2-5,7,9-10H,6,8,11H2,1H3,(H,23,24);2-3,13H,1H3;2*1H3. The number of aryl methyl sites for hydroxylation is 2. The third-order valence-corrected chi connectivity index (χ3v) is 16.5. The van der Waals surface area contributed by atoms with Gasteiger partial charge < -0.3 is 19.2 Å². The van der Waals surface area contributed by atoms with Crippen LogP contribution in [0.3, 0.4) is 0 Å². The minimum absolute atomic E-state index is 0. The number of halogens is 9. The zero-order chi connectivity index (χ0) is 62.5. The highest BCUT2D eigenvalue weighted by atomic mass is 79.9. The van der Waals surface area contributed by atoms with Gasteiger partial charge in [-0.25, -0.2) is 8.78 Å². The molecular formula is C52H51BBrF8N12O10P2S2. The van der Waals surface area contributed by atoms with Gasteiger partial charge in [0.15, 0.2) is 11.6 Å². The number of fused-ring (bicyclic) bond motifs is 2. The topological polar surface area (TPSA) is 268 Å². The number of alkyl halides is 6. The SMILES string of the molecule is COc1cc(-c2cc(C(F)(F)F)cnc2C)c(F)cc1-n1c2c(ccc1=O)CN(S(=O)(=O)Nc1cccnn1)CC2.COc1cc(Br)c(F)cc1-n1c2c(ccc1=O)CN(S(=O)(=O)Nc1cccnn1)CC2.Cc1ncc(C(F)(F)F)cc1O[B]O.P.P. The van der Waals surface area contributed by atoms with Crippen molar-refractivity contribution in [3.8, 4) is 39.8 Å². The van der Waals surface area contributed by atoms with E-state index < -0.39 is 61.1 Å². The van der Waals surface area contributed by atoms with E-state index in [0.717, 1.165) is 18.2 Å². The van der Waals surface area contributed by atoms with Gasteiger partial charge in [0.2, 0.25) is 0 Å². The van der Waals surface area contributed by atoms with Crippen LogP contribution < -0.4 is 34.7 Å². The molecule has 3 N–H and O–H groups in total. The van der Waals surface area contributed by atoms with E-state index in [1.807, 2.05) is 0 Å². The van der Waals surface area contributed by atoms with Gasteiger partial charge in [-0.3, -0.25) is 38.1 Å². The number of nitrogens with zero attached hydrogens (tertiary/aromatic N) is 10. The van der Waals surface area contributed by atoms with E-state index in [9.17, 15) is 57.2 Å². The number of rotatable bonds is 13. The highest BCUT2D eigenvalue weighted by molar-refractivity contribution is 9.10. The Hall–Kier alpha value is -7.58. The van der Waals surface area contributed by atoms with E-state index in [0.29, 0.717) is 48.3 Å². The molecule has 22 nitrogen and oxygen atoms in total. The third kappa shape index (κ3) is 16.0. The molecular weight excluding hydrogens is 1320 g/mol. The Morgan fingerprint density at radius 1 is 0.614 bits per heavy atom. The maximum Gasteiger partial charge on any atom is 0.569 e. The fourth-order valence-electron chi connectivity index (χ4n) is 8.86. The quantitative estimate of drug-likeness (QED) is 0.0571. The van der Waals surface area contributed by atoms with E-state index in [2.05, 4.69) is 60.4 Å². The van der Waals surface area contributed by atoms with Crippen molar-refractivity contribution in [2.45, 2.75) is 52.1 Å². The summed E-state index contributed by atoms with van der Waals surface area (Å²) in [7, 11) is -4.89. The molecule has 0 saturated heterocycles. The Morgan fingerprint density at radius 2 is 1.07 bits per heavy atom. The normalized spacial score (nSPS) is 13.3. The van der Waals surface area contributed by atoms with E-state index in [1.165, 1.54) is 113 Å². The molecule has 467 valence electrons. The molecule has 1 radical (unpaired) electrons. The number of nitrogens with one attached hydrogen (secondary N) is 2. The van der Waals surface area contributed by atoms with Crippen molar-refractivity contribution in [3.05, 3.63) is 192 Å². The van der Waals surface area contributed by atoms with E-state index >= 15 is 4.39 Å². The molecule has 0 fully saturated rings. The van der Waals surface area contributed by atoms with Crippen molar-refractivity contribution in [1.29, 1.82) is 0 Å². The molecule has 2 aliphatic heterocycles. The van der Waals surface area contributed by atoms with Crippen LogP contribution in [-0.2, 0) is 58.7 Å². The fraction of sp³-hybridized carbons (Fsp3) is 0.231. The van der Waals surface area contributed by atoms with Gasteiger partial charge in [-0.2, -0.15) is 81.8 Å². The van der Waals surface area contributed by atoms with Gasteiger partial charge in [-0.05, 0) is 89.4 Å². The molecule has 0 spiro atoms. The lowest BCUT2D eigenvalue weighted by molar-refractivity contribution is -0.138. The predicted octanol–water partition coefficient (Wildman–Crippen LogP) is 7.56. The van der Waals surface area contributed by atoms with Crippen molar-refractivity contribution in [3.63, 3.8) is 0 Å². The van der Waals surface area contributed by atoms with Crippen molar-refractivity contribution in [2.24, 2.45) is 0 Å². The minimum Gasteiger partial charge on any atom is -0.536 e. The molecule has 2 atom stereocenters. The van der Waals surface area contributed by atoms with Crippen LogP contribution in [0.4, 0.5) is 46.8 Å². The van der Waals surface area contributed by atoms with Gasteiger partial charge in [-0.1, -0.05) is 12.1 Å². The highest BCUT2D eigenvalue weighted by Gasteiger charge is 2.35. The van der Waals surface area contributed by atoms with Crippen LogP contribution >= 0.6 is 35.7 Å². The average Bonchev–Trinajstić information content (AvgIpc) is 0.959. The number of aromatic nitrogens is 8. The summed E-state index contributed by atoms with van der Waals surface area (Å²) in [5.74, 6) is -1.10. The number of hydrogen-bond acceptors (Lipinski definition) is 16. The molecule has 2 unspecified atom stereocenters. The Bertz CT molecular complexity index is 4200. The van der Waals surface area contributed by atoms with Crippen LogP contribution in [0.5, 0.6) is 17.2 Å². The van der Waals surface area contributed by atoms with Gasteiger partial charge in [0.05, 0.1) is 46.9 Å². The van der Waals surface area contributed by atoms with Gasteiger partial charge in [-0.15, -0.1) is 10.2 Å². The second-order valence-corrected chi connectivity index (χ2v) is 22.6. The van der Waals surface area contributed by atoms with E-state index in [1.54, 1.807) is 12.1 Å². The Kier molecular flexibility index (Phi) is 22.7.